The molecule has 0 saturated heterocycles. The number of hydrogen-bond donors (Lipinski definition) is 0. The van der Waals surface area contributed by atoms with E-state index in [4.69, 9.17) is 0 Å². The van der Waals surface area contributed by atoms with E-state index in [2.05, 4.69) is 190 Å². The average Bonchev–Trinajstić information content (AvgIpc) is 3.50. The molecule has 0 aliphatic heterocycles. The molecule has 0 amide bonds. The van der Waals surface area contributed by atoms with Crippen molar-refractivity contribution in [3.63, 3.8) is 0 Å². The molecule has 2 aromatic heterocycles. The van der Waals surface area contributed by atoms with Crippen molar-refractivity contribution in [2.75, 3.05) is 0 Å². The van der Waals surface area contributed by atoms with Gasteiger partial charge in [-0.25, -0.2) is 0 Å². The molecule has 0 atom stereocenters. The molecule has 6 rings (SSSR count). The van der Waals surface area contributed by atoms with Gasteiger partial charge in [-0.15, -0.1) is 11.1 Å². The van der Waals surface area contributed by atoms with Crippen molar-refractivity contribution in [2.45, 2.75) is 116 Å². The number of nitrogens with zero attached hydrogens (tertiary/aromatic N) is 2. The third kappa shape index (κ3) is 5.37. The maximum Gasteiger partial charge on any atom is 0.146 e. The second-order valence-corrected chi connectivity index (χ2v) is 28.1. The summed E-state index contributed by atoms with van der Waals surface area (Å²) >= 11 is 0. The smallest absolute Gasteiger partial charge is 0.146 e. The standard InChI is InChI=1S/C46H58N2Si2/c1-29(2)49(30(3)4,31(5)6)25-23-35-15-21-43-41(27-35)39-19-17-38-37(45(39)47(43)13)18-20-40-42-28-36(16-22-44(42)48(14)46(38)40)24-26-50(32(7)8,33(9)10)34(11)12/h15-22,27-34H,1-14H3. The predicted molar refractivity (Wildman–Crippen MR) is 228 cm³/mol. The monoisotopic (exact) mass is 694 g/mol. The van der Waals surface area contributed by atoms with Gasteiger partial charge in [-0.05, 0) is 69.6 Å². The van der Waals surface area contributed by atoms with E-state index in [1.807, 2.05) is 0 Å². The fraction of sp³-hybridized carbons (Fsp3) is 0.435. The van der Waals surface area contributed by atoms with Gasteiger partial charge >= 0.3 is 0 Å². The van der Waals surface area contributed by atoms with Crippen LogP contribution in [0.25, 0.3) is 54.4 Å². The highest BCUT2D eigenvalue weighted by atomic mass is 28.3. The van der Waals surface area contributed by atoms with Crippen LogP contribution in [0.1, 0.15) is 94.2 Å². The lowest BCUT2D eigenvalue weighted by Gasteiger charge is -2.38. The minimum atomic E-state index is -1.81. The lowest BCUT2D eigenvalue weighted by molar-refractivity contribution is 0.838. The first kappa shape index (κ1) is 36.1. The summed E-state index contributed by atoms with van der Waals surface area (Å²) in [6.07, 6.45) is 0. The van der Waals surface area contributed by atoms with Crippen LogP contribution in [-0.4, -0.2) is 25.3 Å². The number of aryl methyl sites for hydroxylation is 2. The predicted octanol–water partition coefficient (Wildman–Crippen LogP) is 13.3. The van der Waals surface area contributed by atoms with Crippen LogP contribution in [-0.2, 0) is 14.1 Å². The summed E-state index contributed by atoms with van der Waals surface area (Å²) in [5.74, 6) is 7.42. The first-order chi connectivity index (χ1) is 23.6. The fourth-order valence-electron chi connectivity index (χ4n) is 10.2. The second kappa shape index (κ2) is 13.1. The van der Waals surface area contributed by atoms with Crippen LogP contribution < -0.4 is 0 Å². The Morgan fingerprint density at radius 3 is 0.960 bits per heavy atom. The molecule has 4 aromatic carbocycles. The van der Waals surface area contributed by atoms with Gasteiger partial charge in [-0.1, -0.05) is 119 Å². The number of benzene rings is 4. The van der Waals surface area contributed by atoms with E-state index in [1.165, 1.54) is 54.4 Å². The zero-order valence-electron chi connectivity index (χ0n) is 33.1. The van der Waals surface area contributed by atoms with Crippen molar-refractivity contribution < 1.29 is 0 Å². The van der Waals surface area contributed by atoms with Gasteiger partial charge in [0.25, 0.3) is 0 Å². The molecule has 0 bridgehead atoms. The van der Waals surface area contributed by atoms with E-state index < -0.39 is 16.1 Å². The first-order valence-corrected chi connectivity index (χ1v) is 23.5. The van der Waals surface area contributed by atoms with Crippen LogP contribution in [0, 0.1) is 22.9 Å². The highest BCUT2D eigenvalue weighted by Gasteiger charge is 2.42. The second-order valence-electron chi connectivity index (χ2n) is 16.9. The Hall–Kier alpha value is -3.71. The SMILES string of the molecule is CC(C)[Si](C#Cc1ccc2c(c1)c1ccc3c(ccc4c5cc(C#C[Si](C(C)C)(C(C)C)C(C)C)ccc5n(C)c43)c1n2C)(C(C)C)C(C)C. The minimum Gasteiger partial charge on any atom is -0.343 e. The van der Waals surface area contributed by atoms with Gasteiger partial charge in [0.2, 0.25) is 0 Å². The molecule has 2 heterocycles. The van der Waals surface area contributed by atoms with E-state index in [9.17, 15) is 0 Å². The molecule has 2 nitrogen and oxygen atoms in total. The summed E-state index contributed by atoms with van der Waals surface area (Å²) in [6, 6.07) is 23.1. The van der Waals surface area contributed by atoms with Gasteiger partial charge in [0.05, 0.1) is 11.0 Å². The van der Waals surface area contributed by atoms with Crippen molar-refractivity contribution in [3.8, 4) is 22.9 Å². The molecule has 50 heavy (non-hydrogen) atoms. The summed E-state index contributed by atoms with van der Waals surface area (Å²) in [6.45, 7) is 28.7. The Balaban J connectivity index is 1.51. The molecule has 6 aromatic rings. The zero-order valence-corrected chi connectivity index (χ0v) is 35.1. The van der Waals surface area contributed by atoms with Gasteiger partial charge in [0.1, 0.15) is 16.1 Å². The minimum absolute atomic E-state index is 0.619. The Kier molecular flexibility index (Phi) is 9.47. The average molecular weight is 695 g/mol. The molecule has 0 saturated carbocycles. The molecule has 0 radical (unpaired) electrons. The Bertz CT molecular complexity index is 2180. The molecular formula is C46H58N2Si2. The van der Waals surface area contributed by atoms with E-state index in [0.717, 1.165) is 11.1 Å². The normalized spacial score (nSPS) is 13.0. The number of rotatable bonds is 6. The van der Waals surface area contributed by atoms with Crippen LogP contribution >= 0.6 is 0 Å². The molecule has 4 heteroatoms. The first-order valence-electron chi connectivity index (χ1n) is 19.0. The van der Waals surface area contributed by atoms with Crippen molar-refractivity contribution in [1.82, 2.24) is 9.13 Å². The topological polar surface area (TPSA) is 9.86 Å². The van der Waals surface area contributed by atoms with Crippen molar-refractivity contribution in [1.29, 1.82) is 0 Å². The van der Waals surface area contributed by atoms with Crippen LogP contribution in [0.3, 0.4) is 0 Å². The molecule has 0 spiro atoms. The summed E-state index contributed by atoms with van der Waals surface area (Å²) in [5, 5.41) is 7.74. The third-order valence-corrected chi connectivity index (χ3v) is 25.3. The van der Waals surface area contributed by atoms with E-state index in [0.29, 0.717) is 33.2 Å². The highest BCUT2D eigenvalue weighted by Crippen LogP contribution is 2.43. The largest absolute Gasteiger partial charge is 0.343 e. The molecule has 0 unspecified atom stereocenters. The lowest BCUT2D eigenvalue weighted by atomic mass is 10.0. The van der Waals surface area contributed by atoms with Gasteiger partial charge in [-0.2, -0.15) is 0 Å². The Morgan fingerprint density at radius 1 is 0.400 bits per heavy atom. The van der Waals surface area contributed by atoms with Crippen molar-refractivity contribution in [3.05, 3.63) is 71.8 Å². The molecular weight excluding hydrogens is 637 g/mol. The van der Waals surface area contributed by atoms with Crippen LogP contribution in [0.4, 0.5) is 0 Å². The Labute approximate surface area is 303 Å². The van der Waals surface area contributed by atoms with Crippen LogP contribution in [0.5, 0.6) is 0 Å². The van der Waals surface area contributed by atoms with Crippen molar-refractivity contribution >= 4 is 70.5 Å². The van der Waals surface area contributed by atoms with Crippen molar-refractivity contribution in [2.24, 2.45) is 14.1 Å². The molecule has 0 aliphatic carbocycles. The maximum atomic E-state index is 3.94. The van der Waals surface area contributed by atoms with Gasteiger partial charge in [0.15, 0.2) is 0 Å². The van der Waals surface area contributed by atoms with E-state index in [-0.39, 0.29) is 0 Å². The van der Waals surface area contributed by atoms with Crippen LogP contribution in [0.15, 0.2) is 60.7 Å². The quantitative estimate of drug-likeness (QED) is 0.121. The summed E-state index contributed by atoms with van der Waals surface area (Å²) in [7, 11) is 0.807. The summed E-state index contributed by atoms with van der Waals surface area (Å²) in [4.78, 5) is 0. The van der Waals surface area contributed by atoms with E-state index >= 15 is 0 Å². The Morgan fingerprint density at radius 2 is 0.680 bits per heavy atom. The maximum absolute atomic E-state index is 3.94. The lowest BCUT2D eigenvalue weighted by Crippen LogP contribution is -2.43. The van der Waals surface area contributed by atoms with E-state index in [1.54, 1.807) is 0 Å². The zero-order chi connectivity index (χ0) is 36.4. The van der Waals surface area contributed by atoms with Gasteiger partial charge in [0, 0.05) is 68.6 Å². The summed E-state index contributed by atoms with van der Waals surface area (Å²) in [5.41, 5.74) is 18.9. The molecule has 0 fully saturated rings. The number of fused-ring (bicyclic) bond motifs is 9. The molecule has 260 valence electrons. The van der Waals surface area contributed by atoms with Crippen LogP contribution in [0.2, 0.25) is 33.2 Å². The highest BCUT2D eigenvalue weighted by molar-refractivity contribution is 6.91. The van der Waals surface area contributed by atoms with Gasteiger partial charge < -0.3 is 9.13 Å². The summed E-state index contributed by atoms with van der Waals surface area (Å²) < 4.78 is 4.77. The fourth-order valence-corrected chi connectivity index (χ4v) is 20.7. The number of hydrogen-bond acceptors (Lipinski definition) is 0. The third-order valence-electron chi connectivity index (χ3n) is 12.7. The molecule has 0 aliphatic rings. The number of aromatic nitrogens is 2. The van der Waals surface area contributed by atoms with Gasteiger partial charge in [-0.3, -0.25) is 0 Å². The molecule has 0 N–H and O–H groups in total.